The van der Waals surface area contributed by atoms with E-state index >= 15 is 0 Å². The summed E-state index contributed by atoms with van der Waals surface area (Å²) in [5.74, 6) is -0.0168. The molecule has 0 amide bonds. The molecule has 0 saturated heterocycles. The number of aromatic nitrogens is 4. The quantitative estimate of drug-likeness (QED) is 0.138. The van der Waals surface area contributed by atoms with Gasteiger partial charge in [-0.15, -0.1) is 0 Å². The molecule has 4 aliphatic carbocycles. The number of hydrogen-bond donors (Lipinski definition) is 1. The highest BCUT2D eigenvalue weighted by Crippen LogP contribution is 2.55. The normalized spacial score (nSPS) is 21.5. The standard InChI is InChI=1S/C33H41FN2OSi.C27H27FN2O.3CH4.H2O/c1-23-13-18-28(31(19-24-11-9-8-10-12-24)37-38(6,7)32(2,3)4)33(5)21-25-22-35-36(30(25)20-29(23)33)27-16-14-26(34)15-17-27;1-18-8-13-23(26(31)14-19-6-4-3-5-7-19)27(2)16-20-17-29-30(25(20)15-24(18)27)22-11-9-21(28)10-12-22;;;;/h8-17,20,22,28,31H,18-19,21H2,1-7H3;3-12,15,17,23,26,31H,13-14,16H2,1-2H3;3*1H4;1H2/t28-,31-,33-;23-,26+,27-;;;;/m11..../s1. The zero-order chi connectivity index (χ0) is 48.9. The van der Waals surface area contributed by atoms with Gasteiger partial charge < -0.3 is 15.0 Å². The fourth-order valence-corrected chi connectivity index (χ4v) is 12.8. The van der Waals surface area contributed by atoms with Gasteiger partial charge in [0, 0.05) is 10.8 Å². The number of benzene rings is 4. The highest BCUT2D eigenvalue weighted by molar-refractivity contribution is 6.74. The summed E-state index contributed by atoms with van der Waals surface area (Å²) in [5.41, 5.74) is 13.8. The van der Waals surface area contributed by atoms with Crippen LogP contribution < -0.4 is 0 Å². The van der Waals surface area contributed by atoms with Crippen LogP contribution in [0.1, 0.15) is 117 Å². The molecular weight excluding hydrogens is 927 g/mol. The maximum atomic E-state index is 13.6. The molecule has 3 N–H and O–H groups in total. The van der Waals surface area contributed by atoms with E-state index in [-0.39, 0.29) is 67.3 Å². The highest BCUT2D eigenvalue weighted by Gasteiger charge is 2.50. The van der Waals surface area contributed by atoms with Crippen molar-refractivity contribution in [2.24, 2.45) is 22.7 Å². The lowest BCUT2D eigenvalue weighted by Gasteiger charge is -2.50. The summed E-state index contributed by atoms with van der Waals surface area (Å²) in [6.45, 7) is 20.9. The van der Waals surface area contributed by atoms with Crippen LogP contribution in [-0.2, 0) is 30.1 Å². The third-order valence-electron chi connectivity index (χ3n) is 16.4. The Balaban J connectivity index is 0.000000261. The van der Waals surface area contributed by atoms with E-state index in [9.17, 15) is 13.9 Å². The Morgan fingerprint density at radius 3 is 1.47 bits per heavy atom. The molecule has 0 fully saturated rings. The molecule has 7 nitrogen and oxygen atoms in total. The topological polar surface area (TPSA) is 96.6 Å². The van der Waals surface area contributed by atoms with Crippen molar-refractivity contribution in [1.29, 1.82) is 0 Å². The summed E-state index contributed by atoms with van der Waals surface area (Å²) in [4.78, 5) is 0. The molecule has 2 aromatic heterocycles. The van der Waals surface area contributed by atoms with Gasteiger partial charge in [0.25, 0.3) is 0 Å². The first-order valence-corrected chi connectivity index (χ1v) is 27.6. The molecule has 4 aliphatic rings. The number of allylic oxidation sites excluding steroid dienone is 6. The van der Waals surface area contributed by atoms with Gasteiger partial charge in [-0.1, -0.05) is 141 Å². The van der Waals surface area contributed by atoms with E-state index in [0.29, 0.717) is 12.3 Å². The van der Waals surface area contributed by atoms with Crippen LogP contribution in [0.4, 0.5) is 8.78 Å². The van der Waals surface area contributed by atoms with Crippen LogP contribution >= 0.6 is 0 Å². The summed E-state index contributed by atoms with van der Waals surface area (Å²) in [6, 6.07) is 34.1. The van der Waals surface area contributed by atoms with Crippen LogP contribution in [0.15, 0.2) is 156 Å². The van der Waals surface area contributed by atoms with E-state index in [0.717, 1.165) is 60.4 Å². The number of rotatable bonds is 10. The van der Waals surface area contributed by atoms with Crippen LogP contribution in [0.3, 0.4) is 0 Å². The number of aliphatic hydroxyl groups excluding tert-OH is 1. The van der Waals surface area contributed by atoms with Crippen molar-refractivity contribution in [2.45, 2.75) is 140 Å². The van der Waals surface area contributed by atoms with Crippen molar-refractivity contribution in [1.82, 2.24) is 19.6 Å². The van der Waals surface area contributed by atoms with E-state index in [1.165, 1.54) is 63.2 Å². The molecule has 10 heteroatoms. The lowest BCUT2D eigenvalue weighted by atomic mass is 9.58. The Labute approximate surface area is 436 Å². The van der Waals surface area contributed by atoms with E-state index < -0.39 is 14.4 Å². The molecule has 4 aromatic carbocycles. The van der Waals surface area contributed by atoms with E-state index in [2.05, 4.69) is 133 Å². The molecule has 0 bridgehead atoms. The first-order valence-electron chi connectivity index (χ1n) is 24.7. The molecule has 10 rings (SSSR count). The Bertz CT molecular complexity index is 2930. The van der Waals surface area contributed by atoms with Crippen molar-refractivity contribution >= 4 is 20.5 Å². The smallest absolute Gasteiger partial charge is 0.192 e. The molecule has 73 heavy (non-hydrogen) atoms. The zero-order valence-electron chi connectivity index (χ0n) is 42.3. The zero-order valence-corrected chi connectivity index (χ0v) is 43.3. The highest BCUT2D eigenvalue weighted by atomic mass is 28.4. The van der Waals surface area contributed by atoms with Crippen molar-refractivity contribution in [3.05, 3.63) is 201 Å². The van der Waals surface area contributed by atoms with Gasteiger partial charge in [0.05, 0.1) is 47.4 Å². The maximum Gasteiger partial charge on any atom is 0.192 e. The fourth-order valence-electron chi connectivity index (χ4n) is 11.5. The minimum atomic E-state index is -2.02. The van der Waals surface area contributed by atoms with Gasteiger partial charge in [-0.05, 0) is 176 Å². The average Bonchev–Trinajstić information content (AvgIpc) is 3.91. The van der Waals surface area contributed by atoms with Gasteiger partial charge in [0.2, 0.25) is 0 Å². The number of fused-ring (bicyclic) bond motifs is 4. The van der Waals surface area contributed by atoms with Crippen molar-refractivity contribution in [3.63, 3.8) is 0 Å². The fraction of sp³-hybridized carbons (Fsp3) is 0.397. The Hall–Kier alpha value is -5.78. The predicted octanol–water partition coefficient (Wildman–Crippen LogP) is 15.2. The number of nitrogens with zero attached hydrogens (tertiary/aromatic N) is 4. The molecule has 0 aliphatic heterocycles. The molecule has 0 radical (unpaired) electrons. The number of halogens is 2. The third-order valence-corrected chi connectivity index (χ3v) is 20.9. The first kappa shape index (κ1) is 58.1. The van der Waals surface area contributed by atoms with Gasteiger partial charge >= 0.3 is 0 Å². The maximum absolute atomic E-state index is 13.6. The van der Waals surface area contributed by atoms with Gasteiger partial charge in [-0.3, -0.25) is 0 Å². The third kappa shape index (κ3) is 11.5. The van der Waals surface area contributed by atoms with E-state index in [1.54, 1.807) is 24.3 Å². The molecule has 0 unspecified atom stereocenters. The number of aliphatic hydroxyl groups is 1. The van der Waals surface area contributed by atoms with Gasteiger partial charge in [-0.2, -0.15) is 10.2 Å². The Kier molecular flexibility index (Phi) is 18.1. The minimum Gasteiger partial charge on any atom is -0.413 e. The van der Waals surface area contributed by atoms with Crippen molar-refractivity contribution in [2.75, 3.05) is 0 Å². The van der Waals surface area contributed by atoms with Crippen molar-refractivity contribution < 1.29 is 23.8 Å². The molecule has 0 spiro atoms. The molecular formula is C63H82F2N4O3Si. The molecule has 390 valence electrons. The lowest BCUT2D eigenvalue weighted by molar-refractivity contribution is 0.0415. The lowest BCUT2D eigenvalue weighted by Crippen LogP contribution is -2.51. The average molecular weight is 1010 g/mol. The van der Waals surface area contributed by atoms with Crippen LogP contribution in [-0.4, -0.2) is 50.7 Å². The van der Waals surface area contributed by atoms with Crippen LogP contribution in [0.25, 0.3) is 23.5 Å². The molecule has 2 heterocycles. The SMILES string of the molecule is C.C.C.CC1=CC[C@H]([C@@H](Cc2ccccc2)O[Si](C)(C)C(C)(C)C)[C@@]2(C)Cc3cnn(-c4ccc(F)cc4)c3C=C12.CC1=CC[C@H]([C@@H](O)Cc2ccccc2)[C@@]2(C)Cc3cnn(-c4ccc(F)cc4)c3C=C12.O. The second-order valence-electron chi connectivity index (χ2n) is 22.0. The summed E-state index contributed by atoms with van der Waals surface area (Å²) in [6.07, 6.45) is 18.0. The molecule has 6 aromatic rings. The summed E-state index contributed by atoms with van der Waals surface area (Å²) in [7, 11) is -2.02. The second kappa shape index (κ2) is 22.8. The van der Waals surface area contributed by atoms with Gasteiger partial charge in [0.1, 0.15) is 11.6 Å². The van der Waals surface area contributed by atoms with Crippen molar-refractivity contribution in [3.8, 4) is 11.4 Å². The summed E-state index contributed by atoms with van der Waals surface area (Å²) in [5, 5.41) is 20.8. The molecule has 0 saturated carbocycles. The largest absolute Gasteiger partial charge is 0.413 e. The van der Waals surface area contributed by atoms with Gasteiger partial charge in [-0.25, -0.2) is 18.1 Å². The van der Waals surface area contributed by atoms with Crippen LogP contribution in [0.5, 0.6) is 0 Å². The van der Waals surface area contributed by atoms with E-state index in [4.69, 9.17) is 9.52 Å². The summed E-state index contributed by atoms with van der Waals surface area (Å²) < 4.78 is 38.1. The van der Waals surface area contributed by atoms with E-state index in [1.807, 2.05) is 40.0 Å². The first-order chi connectivity index (χ1) is 32.8. The van der Waals surface area contributed by atoms with Gasteiger partial charge in [0.15, 0.2) is 8.32 Å². The Morgan fingerprint density at radius 1 is 0.644 bits per heavy atom. The van der Waals surface area contributed by atoms with Crippen LogP contribution in [0, 0.1) is 34.3 Å². The molecule has 6 atom stereocenters. The monoisotopic (exact) mass is 1010 g/mol. The second-order valence-corrected chi connectivity index (χ2v) is 26.8. The summed E-state index contributed by atoms with van der Waals surface area (Å²) >= 11 is 0. The van der Waals surface area contributed by atoms with Crippen LogP contribution in [0.2, 0.25) is 18.1 Å². The predicted molar refractivity (Wildman–Crippen MR) is 303 cm³/mol. The minimum absolute atomic E-state index is 0. The number of hydrogen-bond acceptors (Lipinski definition) is 4. The Morgan fingerprint density at radius 2 is 1.04 bits per heavy atom.